The van der Waals surface area contributed by atoms with Crippen LogP contribution in [0.2, 0.25) is 0 Å². The van der Waals surface area contributed by atoms with E-state index in [4.69, 9.17) is 4.74 Å². The Morgan fingerprint density at radius 3 is 2.62 bits per heavy atom. The van der Waals surface area contributed by atoms with E-state index in [0.29, 0.717) is 12.0 Å². The van der Waals surface area contributed by atoms with Crippen LogP contribution in [-0.4, -0.2) is 27.5 Å². The molecule has 0 fully saturated rings. The molecule has 0 aromatic heterocycles. The number of carbonyl (C=O) groups is 1. The number of benzene rings is 2. The highest BCUT2D eigenvalue weighted by atomic mass is 32.2. The number of hydrogen-bond donors (Lipinski definition) is 1. The summed E-state index contributed by atoms with van der Waals surface area (Å²) >= 11 is 0. The Hall–Kier alpha value is -2.25. The quantitative estimate of drug-likeness (QED) is 0.778. The van der Waals surface area contributed by atoms with Gasteiger partial charge >= 0.3 is 5.97 Å². The highest BCUT2D eigenvalue weighted by molar-refractivity contribution is 7.89. The molecule has 0 spiro atoms. The first kappa shape index (κ1) is 18.1. The van der Waals surface area contributed by atoms with Gasteiger partial charge in [0.25, 0.3) is 0 Å². The maximum absolute atomic E-state index is 13.1. The van der Waals surface area contributed by atoms with Crippen molar-refractivity contribution in [3.05, 3.63) is 65.5 Å². The van der Waals surface area contributed by atoms with Crippen molar-refractivity contribution in [2.75, 3.05) is 13.2 Å². The van der Waals surface area contributed by atoms with E-state index in [1.165, 1.54) is 36.4 Å². The van der Waals surface area contributed by atoms with Gasteiger partial charge < -0.3 is 4.74 Å². The molecule has 0 bridgehead atoms. The lowest BCUT2D eigenvalue weighted by Gasteiger charge is -2.08. The van der Waals surface area contributed by atoms with Crippen molar-refractivity contribution in [2.24, 2.45) is 0 Å². The predicted octanol–water partition coefficient (Wildman–Crippen LogP) is 2.52. The van der Waals surface area contributed by atoms with E-state index in [1.807, 2.05) is 0 Å². The van der Waals surface area contributed by atoms with Crippen molar-refractivity contribution >= 4 is 16.0 Å². The van der Waals surface area contributed by atoms with E-state index in [1.54, 1.807) is 19.1 Å². The van der Waals surface area contributed by atoms with Crippen molar-refractivity contribution in [2.45, 2.75) is 18.2 Å². The Labute approximate surface area is 140 Å². The van der Waals surface area contributed by atoms with E-state index in [0.717, 1.165) is 0 Å². The molecular weight excluding hydrogens is 333 g/mol. The van der Waals surface area contributed by atoms with Crippen LogP contribution in [0, 0.1) is 5.82 Å². The highest BCUT2D eigenvalue weighted by Gasteiger charge is 2.16. The minimum Gasteiger partial charge on any atom is -0.462 e. The highest BCUT2D eigenvalue weighted by Crippen LogP contribution is 2.13. The lowest BCUT2D eigenvalue weighted by molar-refractivity contribution is 0.0526. The predicted molar refractivity (Wildman–Crippen MR) is 87.7 cm³/mol. The summed E-state index contributed by atoms with van der Waals surface area (Å²) in [7, 11) is -3.76. The molecule has 0 radical (unpaired) electrons. The van der Waals surface area contributed by atoms with Crippen LogP contribution in [0.25, 0.3) is 0 Å². The van der Waals surface area contributed by atoms with Crippen molar-refractivity contribution in [3.63, 3.8) is 0 Å². The molecule has 7 heteroatoms. The van der Waals surface area contributed by atoms with Gasteiger partial charge in [-0.1, -0.05) is 18.2 Å². The van der Waals surface area contributed by atoms with Crippen molar-refractivity contribution in [1.82, 2.24) is 4.72 Å². The Bertz CT molecular complexity index is 821. The van der Waals surface area contributed by atoms with E-state index >= 15 is 0 Å². The standard InChI is InChI=1S/C17H18FNO4S/c1-2-23-17(20)14-6-4-8-16(12-14)24(21,22)19-10-9-13-5-3-7-15(18)11-13/h3-8,11-12,19H,2,9-10H2,1H3. The van der Waals surface area contributed by atoms with Crippen molar-refractivity contribution in [1.29, 1.82) is 0 Å². The Morgan fingerprint density at radius 2 is 1.92 bits per heavy atom. The number of nitrogens with one attached hydrogen (secondary N) is 1. The summed E-state index contributed by atoms with van der Waals surface area (Å²) in [5.74, 6) is -0.938. The third-order valence-corrected chi connectivity index (χ3v) is 4.71. The van der Waals surface area contributed by atoms with E-state index in [9.17, 15) is 17.6 Å². The number of rotatable bonds is 7. The first-order valence-corrected chi connectivity index (χ1v) is 8.92. The van der Waals surface area contributed by atoms with Gasteiger partial charge in [0, 0.05) is 6.54 Å². The summed E-state index contributed by atoms with van der Waals surface area (Å²) in [5.41, 5.74) is 0.864. The number of ether oxygens (including phenoxy) is 1. The molecule has 1 N–H and O–H groups in total. The van der Waals surface area contributed by atoms with E-state index in [-0.39, 0.29) is 29.4 Å². The number of carbonyl (C=O) groups excluding carboxylic acids is 1. The Morgan fingerprint density at radius 1 is 1.17 bits per heavy atom. The molecule has 128 valence electrons. The minimum atomic E-state index is -3.76. The minimum absolute atomic E-state index is 0.0210. The average Bonchev–Trinajstić information content (AvgIpc) is 2.55. The normalized spacial score (nSPS) is 11.2. The summed E-state index contributed by atoms with van der Waals surface area (Å²) in [6.07, 6.45) is 0.356. The van der Waals surface area contributed by atoms with Crippen LogP contribution >= 0.6 is 0 Å². The van der Waals surface area contributed by atoms with Gasteiger partial charge in [0.05, 0.1) is 17.1 Å². The van der Waals surface area contributed by atoms with Gasteiger partial charge in [-0.25, -0.2) is 22.3 Å². The molecular formula is C17H18FNO4S. The van der Waals surface area contributed by atoms with E-state index in [2.05, 4.69) is 4.72 Å². The Balaban J connectivity index is 2.04. The second kappa shape index (κ2) is 8.03. The molecule has 0 heterocycles. The summed E-state index contributed by atoms with van der Waals surface area (Å²) in [4.78, 5) is 11.7. The number of halogens is 1. The number of hydrogen-bond acceptors (Lipinski definition) is 4. The molecule has 24 heavy (non-hydrogen) atoms. The zero-order chi connectivity index (χ0) is 17.6. The van der Waals surface area contributed by atoms with Gasteiger partial charge in [0.2, 0.25) is 10.0 Å². The second-order valence-electron chi connectivity index (χ2n) is 5.03. The van der Waals surface area contributed by atoms with E-state index < -0.39 is 16.0 Å². The van der Waals surface area contributed by atoms with Crippen LogP contribution in [0.15, 0.2) is 53.4 Å². The van der Waals surface area contributed by atoms with Gasteiger partial charge in [-0.05, 0) is 49.2 Å². The SMILES string of the molecule is CCOC(=O)c1cccc(S(=O)(=O)NCCc2cccc(F)c2)c1. The largest absolute Gasteiger partial charge is 0.462 e. The van der Waals surface area contributed by atoms with Crippen LogP contribution < -0.4 is 4.72 Å². The summed E-state index contributed by atoms with van der Waals surface area (Å²) in [6.45, 7) is 2.00. The van der Waals surface area contributed by atoms with Gasteiger partial charge in [0.15, 0.2) is 0 Å². The summed E-state index contributed by atoms with van der Waals surface area (Å²) in [5, 5.41) is 0. The third kappa shape index (κ3) is 4.87. The molecule has 0 amide bonds. The summed E-state index contributed by atoms with van der Waals surface area (Å²) in [6, 6.07) is 11.6. The fraction of sp³-hybridized carbons (Fsp3) is 0.235. The zero-order valence-corrected chi connectivity index (χ0v) is 14.0. The summed E-state index contributed by atoms with van der Waals surface area (Å²) < 4.78 is 45.0. The van der Waals surface area contributed by atoms with Crippen molar-refractivity contribution in [3.8, 4) is 0 Å². The maximum Gasteiger partial charge on any atom is 0.338 e. The fourth-order valence-electron chi connectivity index (χ4n) is 2.11. The molecule has 0 atom stereocenters. The van der Waals surface area contributed by atoms with Gasteiger partial charge in [-0.2, -0.15) is 0 Å². The average molecular weight is 351 g/mol. The molecule has 0 saturated heterocycles. The third-order valence-electron chi connectivity index (χ3n) is 3.25. The molecule has 0 aliphatic rings. The Kier molecular flexibility index (Phi) is 6.05. The van der Waals surface area contributed by atoms with Crippen LogP contribution in [-0.2, 0) is 21.2 Å². The smallest absolute Gasteiger partial charge is 0.338 e. The van der Waals surface area contributed by atoms with Crippen LogP contribution in [0.1, 0.15) is 22.8 Å². The molecule has 2 rings (SSSR count). The molecule has 5 nitrogen and oxygen atoms in total. The second-order valence-corrected chi connectivity index (χ2v) is 6.79. The van der Waals surface area contributed by atoms with Gasteiger partial charge in [-0.15, -0.1) is 0 Å². The van der Waals surface area contributed by atoms with Crippen LogP contribution in [0.3, 0.4) is 0 Å². The molecule has 0 aliphatic carbocycles. The van der Waals surface area contributed by atoms with Crippen molar-refractivity contribution < 1.29 is 22.3 Å². The number of sulfonamides is 1. The topological polar surface area (TPSA) is 72.5 Å². The maximum atomic E-state index is 13.1. The monoisotopic (exact) mass is 351 g/mol. The lowest BCUT2D eigenvalue weighted by atomic mass is 10.1. The first-order chi connectivity index (χ1) is 11.4. The van der Waals surface area contributed by atoms with Gasteiger partial charge in [-0.3, -0.25) is 0 Å². The lowest BCUT2D eigenvalue weighted by Crippen LogP contribution is -2.26. The molecule has 0 aliphatic heterocycles. The number of esters is 1. The fourth-order valence-corrected chi connectivity index (χ4v) is 3.19. The van der Waals surface area contributed by atoms with Crippen LogP contribution in [0.5, 0.6) is 0 Å². The molecule has 2 aromatic carbocycles. The zero-order valence-electron chi connectivity index (χ0n) is 13.2. The van der Waals surface area contributed by atoms with Gasteiger partial charge in [0.1, 0.15) is 5.82 Å². The molecule has 0 unspecified atom stereocenters. The van der Waals surface area contributed by atoms with Crippen LogP contribution in [0.4, 0.5) is 4.39 Å². The molecule has 0 saturated carbocycles. The molecule has 2 aromatic rings. The first-order valence-electron chi connectivity index (χ1n) is 7.43.